The maximum atomic E-state index is 13.6. The molecule has 8 heteroatoms. The van der Waals surface area contributed by atoms with Crippen molar-refractivity contribution in [3.63, 3.8) is 0 Å². The van der Waals surface area contributed by atoms with Crippen LogP contribution < -0.4 is 5.32 Å². The Morgan fingerprint density at radius 1 is 1.27 bits per heavy atom. The number of benzene rings is 1. The smallest absolute Gasteiger partial charge is 0.226 e. The molecule has 1 atom stereocenters. The highest BCUT2D eigenvalue weighted by atomic mass is 32.2. The number of carbonyl (C=O) groups excluding carboxylic acids is 1. The Kier molecular flexibility index (Phi) is 5.94. The van der Waals surface area contributed by atoms with Crippen LogP contribution in [-0.4, -0.2) is 62.0 Å². The van der Waals surface area contributed by atoms with E-state index in [1.165, 1.54) is 16.4 Å². The minimum atomic E-state index is -3.20. The molecule has 2 saturated heterocycles. The number of piperidine rings is 1. The molecule has 1 unspecified atom stereocenters. The lowest BCUT2D eigenvalue weighted by Crippen LogP contribution is -2.52. The van der Waals surface area contributed by atoms with Crippen molar-refractivity contribution in [2.24, 2.45) is 5.92 Å². The highest BCUT2D eigenvalue weighted by Crippen LogP contribution is 2.28. The lowest BCUT2D eigenvalue weighted by atomic mass is 9.94. The second-order valence-electron chi connectivity index (χ2n) is 6.88. The predicted molar refractivity (Wildman–Crippen MR) is 97.5 cm³/mol. The van der Waals surface area contributed by atoms with Gasteiger partial charge in [-0.2, -0.15) is 0 Å². The molecule has 3 rings (SSSR count). The number of rotatable bonds is 4. The Hall–Kier alpha value is -1.51. The molecule has 2 fully saturated rings. The van der Waals surface area contributed by atoms with Crippen LogP contribution in [0.15, 0.2) is 24.3 Å². The summed E-state index contributed by atoms with van der Waals surface area (Å²) in [5, 5.41) is 3.27. The molecule has 6 nitrogen and oxygen atoms in total. The number of hydrogen-bond donors (Lipinski definition) is 1. The van der Waals surface area contributed by atoms with E-state index in [1.807, 2.05) is 11.0 Å². The van der Waals surface area contributed by atoms with E-state index in [0.29, 0.717) is 45.6 Å². The third-order valence-electron chi connectivity index (χ3n) is 5.32. The summed E-state index contributed by atoms with van der Waals surface area (Å²) in [5.74, 6) is -0.342. The zero-order chi connectivity index (χ0) is 18.7. The van der Waals surface area contributed by atoms with E-state index in [2.05, 4.69) is 5.32 Å². The molecule has 1 aromatic carbocycles. The first-order valence-corrected chi connectivity index (χ1v) is 10.8. The van der Waals surface area contributed by atoms with Crippen molar-refractivity contribution in [1.29, 1.82) is 0 Å². The summed E-state index contributed by atoms with van der Waals surface area (Å²) in [6.45, 7) is 4.30. The summed E-state index contributed by atoms with van der Waals surface area (Å²) in [6, 6.07) is 6.20. The van der Waals surface area contributed by atoms with Gasteiger partial charge in [0, 0.05) is 38.6 Å². The molecule has 0 bridgehead atoms. The van der Waals surface area contributed by atoms with Crippen molar-refractivity contribution in [3.8, 4) is 0 Å². The molecule has 26 heavy (non-hydrogen) atoms. The Bertz CT molecular complexity index is 748. The number of sulfonamides is 1. The Morgan fingerprint density at radius 2 is 2.00 bits per heavy atom. The van der Waals surface area contributed by atoms with Crippen LogP contribution >= 0.6 is 0 Å². The van der Waals surface area contributed by atoms with Crippen LogP contribution in [-0.2, 0) is 14.8 Å². The van der Waals surface area contributed by atoms with E-state index >= 15 is 0 Å². The van der Waals surface area contributed by atoms with Gasteiger partial charge < -0.3 is 10.2 Å². The average molecular weight is 383 g/mol. The summed E-state index contributed by atoms with van der Waals surface area (Å²) in [5.41, 5.74) is 0.788. The molecule has 0 saturated carbocycles. The van der Waals surface area contributed by atoms with Gasteiger partial charge in [0.1, 0.15) is 5.82 Å². The van der Waals surface area contributed by atoms with Crippen molar-refractivity contribution >= 4 is 15.9 Å². The fourth-order valence-electron chi connectivity index (χ4n) is 3.78. The number of piperazine rings is 1. The first kappa shape index (κ1) is 19.3. The number of carbonyl (C=O) groups is 1. The molecule has 1 amide bonds. The first-order chi connectivity index (χ1) is 12.4. The molecule has 0 aromatic heterocycles. The van der Waals surface area contributed by atoms with Gasteiger partial charge >= 0.3 is 0 Å². The Balaban J connectivity index is 1.70. The molecule has 2 aliphatic rings. The third kappa shape index (κ3) is 4.07. The van der Waals surface area contributed by atoms with Crippen LogP contribution in [0.25, 0.3) is 0 Å². The normalized spacial score (nSPS) is 23.2. The van der Waals surface area contributed by atoms with E-state index < -0.39 is 10.0 Å². The minimum Gasteiger partial charge on any atom is -0.333 e. The molecule has 1 aromatic rings. The number of halogens is 1. The number of nitrogens with one attached hydrogen (secondary N) is 1. The molecular formula is C18H26FN3O3S. The maximum absolute atomic E-state index is 13.6. The van der Waals surface area contributed by atoms with Crippen LogP contribution in [0.3, 0.4) is 0 Å². The fraction of sp³-hybridized carbons (Fsp3) is 0.611. The van der Waals surface area contributed by atoms with Crippen LogP contribution in [0, 0.1) is 11.7 Å². The molecule has 0 aliphatic carbocycles. The summed E-state index contributed by atoms with van der Waals surface area (Å²) < 4.78 is 39.1. The zero-order valence-electron chi connectivity index (χ0n) is 15.0. The van der Waals surface area contributed by atoms with Gasteiger partial charge in [-0.1, -0.05) is 12.1 Å². The number of hydrogen-bond acceptors (Lipinski definition) is 4. The monoisotopic (exact) mass is 383 g/mol. The van der Waals surface area contributed by atoms with Gasteiger partial charge in [-0.15, -0.1) is 0 Å². The zero-order valence-corrected chi connectivity index (χ0v) is 15.8. The maximum Gasteiger partial charge on any atom is 0.226 e. The topological polar surface area (TPSA) is 69.7 Å². The van der Waals surface area contributed by atoms with Gasteiger partial charge in [-0.05, 0) is 37.5 Å². The first-order valence-electron chi connectivity index (χ1n) is 9.17. The second kappa shape index (κ2) is 8.02. The second-order valence-corrected chi connectivity index (χ2v) is 9.14. The van der Waals surface area contributed by atoms with Gasteiger partial charge in [0.25, 0.3) is 0 Å². The van der Waals surface area contributed by atoms with Crippen molar-refractivity contribution in [3.05, 3.63) is 35.6 Å². The molecule has 1 N–H and O–H groups in total. The van der Waals surface area contributed by atoms with Gasteiger partial charge in [0.2, 0.25) is 15.9 Å². The van der Waals surface area contributed by atoms with Gasteiger partial charge in [0.15, 0.2) is 0 Å². The average Bonchev–Trinajstić information content (AvgIpc) is 2.67. The van der Waals surface area contributed by atoms with E-state index in [4.69, 9.17) is 0 Å². The summed E-state index contributed by atoms with van der Waals surface area (Å²) >= 11 is 0. The van der Waals surface area contributed by atoms with Gasteiger partial charge in [-0.3, -0.25) is 4.79 Å². The number of amides is 1. The van der Waals surface area contributed by atoms with Crippen LogP contribution in [0.5, 0.6) is 0 Å². The van der Waals surface area contributed by atoms with Crippen LogP contribution in [0.4, 0.5) is 4.39 Å². The minimum absolute atomic E-state index is 0.0503. The molecule has 0 radical (unpaired) electrons. The SMILES string of the molecule is CCS(=O)(=O)N1CCC(C(=O)N2CCNCC2c2cccc(F)c2)CC1. The molecule has 0 spiro atoms. The summed E-state index contributed by atoms with van der Waals surface area (Å²) in [7, 11) is -3.20. The largest absolute Gasteiger partial charge is 0.333 e. The standard InChI is InChI=1S/C18H26FN3O3S/c1-2-26(24,25)21-9-6-14(7-10-21)18(23)22-11-8-20-13-17(22)15-4-3-5-16(19)12-15/h3-5,12,14,17,20H,2,6-11,13H2,1H3. The van der Waals surface area contributed by atoms with Gasteiger partial charge in [0.05, 0.1) is 11.8 Å². The van der Waals surface area contributed by atoms with Crippen molar-refractivity contribution < 1.29 is 17.6 Å². The lowest BCUT2D eigenvalue weighted by Gasteiger charge is -2.40. The third-order valence-corrected chi connectivity index (χ3v) is 7.20. The molecule has 144 valence electrons. The van der Waals surface area contributed by atoms with Crippen LogP contribution in [0.1, 0.15) is 31.4 Å². The van der Waals surface area contributed by atoms with E-state index in [9.17, 15) is 17.6 Å². The van der Waals surface area contributed by atoms with Crippen molar-refractivity contribution in [2.75, 3.05) is 38.5 Å². The quantitative estimate of drug-likeness (QED) is 0.852. The van der Waals surface area contributed by atoms with E-state index in [0.717, 1.165) is 5.56 Å². The highest BCUT2D eigenvalue weighted by molar-refractivity contribution is 7.89. The van der Waals surface area contributed by atoms with Crippen LogP contribution in [0.2, 0.25) is 0 Å². The predicted octanol–water partition coefficient (Wildman–Crippen LogP) is 1.36. The summed E-state index contributed by atoms with van der Waals surface area (Å²) in [4.78, 5) is 14.9. The lowest BCUT2D eigenvalue weighted by molar-refractivity contribution is -0.140. The highest BCUT2D eigenvalue weighted by Gasteiger charge is 2.36. The Morgan fingerprint density at radius 3 is 2.65 bits per heavy atom. The van der Waals surface area contributed by atoms with Crippen molar-refractivity contribution in [1.82, 2.24) is 14.5 Å². The summed E-state index contributed by atoms with van der Waals surface area (Å²) in [6.07, 6.45) is 1.08. The van der Waals surface area contributed by atoms with Gasteiger partial charge in [-0.25, -0.2) is 17.1 Å². The van der Waals surface area contributed by atoms with E-state index in [1.54, 1.807) is 13.0 Å². The number of nitrogens with zero attached hydrogens (tertiary/aromatic N) is 2. The molecule has 2 heterocycles. The fourth-order valence-corrected chi connectivity index (χ4v) is 4.91. The molecular weight excluding hydrogens is 357 g/mol. The Labute approximate surface area is 154 Å². The van der Waals surface area contributed by atoms with Crippen molar-refractivity contribution in [2.45, 2.75) is 25.8 Å². The molecule has 2 aliphatic heterocycles. The van der Waals surface area contributed by atoms with E-state index in [-0.39, 0.29) is 29.4 Å².